The molecule has 1 aliphatic rings. The Kier molecular flexibility index (Phi) is 4.01. The van der Waals surface area contributed by atoms with Gasteiger partial charge in [0.15, 0.2) is 6.23 Å². The minimum Gasteiger partial charge on any atom is -0.478 e. The molecule has 0 bridgehead atoms. The number of hydrogen-bond donors (Lipinski definition) is 5. The molecule has 0 saturated carbocycles. The maximum absolute atomic E-state index is 10.7. The van der Waals surface area contributed by atoms with Crippen molar-refractivity contribution in [3.63, 3.8) is 0 Å². The Bertz CT molecular complexity index is 448. The van der Waals surface area contributed by atoms with Crippen molar-refractivity contribution in [2.45, 2.75) is 24.5 Å². The van der Waals surface area contributed by atoms with Gasteiger partial charge in [0.25, 0.3) is 0 Å². The molecule has 1 aliphatic heterocycles. The Morgan fingerprint density at radius 3 is 2.32 bits per heavy atom. The van der Waals surface area contributed by atoms with E-state index in [2.05, 4.69) is 5.32 Å². The summed E-state index contributed by atoms with van der Waals surface area (Å²) in [5, 5.41) is 39.8. The first-order chi connectivity index (χ1) is 9.02. The molecule has 7 heteroatoms. The van der Waals surface area contributed by atoms with E-state index in [0.717, 1.165) is 0 Å². The second-order valence-electron chi connectivity index (χ2n) is 4.29. The maximum atomic E-state index is 10.7. The second kappa shape index (κ2) is 5.54. The monoisotopic (exact) mass is 269 g/mol. The van der Waals surface area contributed by atoms with E-state index in [0.29, 0.717) is 5.69 Å². The molecule has 0 unspecified atom stereocenters. The zero-order chi connectivity index (χ0) is 14.0. The van der Waals surface area contributed by atoms with E-state index in [1.165, 1.54) is 24.3 Å². The molecular weight excluding hydrogens is 254 g/mol. The fourth-order valence-corrected chi connectivity index (χ4v) is 1.89. The normalized spacial score (nSPS) is 30.3. The number of aliphatic hydroxyl groups is 3. The van der Waals surface area contributed by atoms with Crippen molar-refractivity contribution in [2.24, 2.45) is 0 Å². The Morgan fingerprint density at radius 2 is 1.84 bits per heavy atom. The first kappa shape index (κ1) is 13.8. The molecule has 1 aromatic rings. The highest BCUT2D eigenvalue weighted by Gasteiger charge is 2.42. The van der Waals surface area contributed by atoms with Gasteiger partial charge in [-0.2, -0.15) is 0 Å². The molecule has 1 fully saturated rings. The van der Waals surface area contributed by atoms with E-state index in [1.54, 1.807) is 0 Å². The molecule has 5 N–H and O–H groups in total. The Morgan fingerprint density at radius 1 is 1.21 bits per heavy atom. The summed E-state index contributed by atoms with van der Waals surface area (Å²) in [5.41, 5.74) is 0.687. The topological polar surface area (TPSA) is 119 Å². The van der Waals surface area contributed by atoms with Crippen LogP contribution in [0.4, 0.5) is 5.69 Å². The number of rotatable bonds is 4. The summed E-state index contributed by atoms with van der Waals surface area (Å²) < 4.78 is 5.24. The summed E-state index contributed by atoms with van der Waals surface area (Å²) in [4.78, 5) is 10.7. The Hall–Kier alpha value is -1.67. The van der Waals surface area contributed by atoms with E-state index >= 15 is 0 Å². The summed E-state index contributed by atoms with van der Waals surface area (Å²) in [6.45, 7) is -0.394. The summed E-state index contributed by atoms with van der Waals surface area (Å²) >= 11 is 0. The molecule has 1 saturated heterocycles. The zero-order valence-electron chi connectivity index (χ0n) is 9.93. The molecule has 2 rings (SSSR count). The lowest BCUT2D eigenvalue weighted by atomic mass is 10.1. The van der Waals surface area contributed by atoms with Crippen LogP contribution in [0.1, 0.15) is 10.4 Å². The van der Waals surface area contributed by atoms with Crippen LogP contribution >= 0.6 is 0 Å². The molecule has 1 aromatic carbocycles. The number of nitrogens with one attached hydrogen (secondary N) is 1. The number of carboxylic acid groups (broad SMARTS) is 1. The number of anilines is 1. The summed E-state index contributed by atoms with van der Waals surface area (Å²) in [6.07, 6.45) is -4.04. The number of carbonyl (C=O) groups is 1. The molecule has 0 spiro atoms. The van der Waals surface area contributed by atoms with Gasteiger partial charge in [-0.05, 0) is 24.3 Å². The molecule has 0 aromatic heterocycles. The van der Waals surface area contributed by atoms with E-state index < -0.39 is 37.1 Å². The predicted octanol–water partition coefficient (Wildman–Crippen LogP) is -0.764. The number of aliphatic hydroxyl groups excluding tert-OH is 3. The minimum atomic E-state index is -1.17. The van der Waals surface area contributed by atoms with Crippen LogP contribution in [-0.4, -0.2) is 57.5 Å². The molecule has 7 nitrogen and oxygen atoms in total. The predicted molar refractivity (Wildman–Crippen MR) is 64.8 cm³/mol. The third-order valence-corrected chi connectivity index (χ3v) is 2.98. The number of carboxylic acids is 1. The van der Waals surface area contributed by atoms with Crippen molar-refractivity contribution in [1.29, 1.82) is 0 Å². The van der Waals surface area contributed by atoms with Crippen LogP contribution in [0.5, 0.6) is 0 Å². The summed E-state index contributed by atoms with van der Waals surface area (Å²) in [5.74, 6) is -1.03. The second-order valence-corrected chi connectivity index (χ2v) is 4.29. The number of hydrogen-bond acceptors (Lipinski definition) is 6. The Balaban J connectivity index is 2.03. The van der Waals surface area contributed by atoms with E-state index in [1.807, 2.05) is 0 Å². The van der Waals surface area contributed by atoms with E-state index in [-0.39, 0.29) is 5.56 Å². The van der Waals surface area contributed by atoms with Gasteiger partial charge in [-0.3, -0.25) is 0 Å². The third kappa shape index (κ3) is 2.85. The lowest BCUT2D eigenvalue weighted by molar-refractivity contribution is -0.0153. The van der Waals surface area contributed by atoms with Gasteiger partial charge in [0.05, 0.1) is 12.2 Å². The largest absolute Gasteiger partial charge is 0.478 e. The van der Waals surface area contributed by atoms with Gasteiger partial charge in [0.1, 0.15) is 18.3 Å². The van der Waals surface area contributed by atoms with Crippen LogP contribution in [0, 0.1) is 0 Å². The van der Waals surface area contributed by atoms with Crippen LogP contribution in [0.15, 0.2) is 24.3 Å². The molecule has 104 valence electrons. The first-order valence-electron chi connectivity index (χ1n) is 5.75. The lowest BCUT2D eigenvalue weighted by Crippen LogP contribution is -2.36. The molecule has 19 heavy (non-hydrogen) atoms. The minimum absolute atomic E-state index is 0.145. The first-order valence-corrected chi connectivity index (χ1v) is 5.75. The van der Waals surface area contributed by atoms with Gasteiger partial charge in [-0.25, -0.2) is 4.79 Å². The quantitative estimate of drug-likeness (QED) is 0.487. The standard InChI is InChI=1S/C12H15NO6/c14-5-8-9(15)10(16)11(19-8)13-7-3-1-6(2-4-7)12(17)18/h1-4,8-11,13-16H,5H2,(H,17,18)/t8-,9+,10-,11-/m0/s1. The van der Waals surface area contributed by atoms with Gasteiger partial charge in [-0.15, -0.1) is 0 Å². The van der Waals surface area contributed by atoms with Crippen LogP contribution in [0.25, 0.3) is 0 Å². The fraction of sp³-hybridized carbons (Fsp3) is 0.417. The fourth-order valence-electron chi connectivity index (χ4n) is 1.89. The highest BCUT2D eigenvalue weighted by atomic mass is 16.6. The molecule has 0 amide bonds. The highest BCUT2D eigenvalue weighted by Crippen LogP contribution is 2.23. The molecule has 0 aliphatic carbocycles. The van der Waals surface area contributed by atoms with Gasteiger partial charge >= 0.3 is 5.97 Å². The maximum Gasteiger partial charge on any atom is 0.335 e. The number of benzene rings is 1. The number of ether oxygens (including phenoxy) is 1. The molecule has 4 atom stereocenters. The smallest absolute Gasteiger partial charge is 0.335 e. The average molecular weight is 269 g/mol. The average Bonchev–Trinajstić information content (AvgIpc) is 2.67. The van der Waals surface area contributed by atoms with Crippen LogP contribution in [0.3, 0.4) is 0 Å². The van der Waals surface area contributed by atoms with Gasteiger partial charge < -0.3 is 30.5 Å². The molecular formula is C12H15NO6. The van der Waals surface area contributed by atoms with Crippen LogP contribution in [0.2, 0.25) is 0 Å². The SMILES string of the molecule is O=C(O)c1ccc(N[C@H]2O[C@@H](CO)[C@@H](O)[C@@H]2O)cc1. The van der Waals surface area contributed by atoms with Crippen molar-refractivity contribution in [2.75, 3.05) is 11.9 Å². The molecule has 0 radical (unpaired) electrons. The third-order valence-electron chi connectivity index (χ3n) is 2.98. The summed E-state index contributed by atoms with van der Waals surface area (Å²) in [6, 6.07) is 5.87. The van der Waals surface area contributed by atoms with Crippen molar-refractivity contribution < 1.29 is 30.0 Å². The van der Waals surface area contributed by atoms with Crippen LogP contribution < -0.4 is 5.32 Å². The highest BCUT2D eigenvalue weighted by molar-refractivity contribution is 5.87. The molecule has 1 heterocycles. The van der Waals surface area contributed by atoms with Gasteiger partial charge in [0.2, 0.25) is 0 Å². The lowest BCUT2D eigenvalue weighted by Gasteiger charge is -2.17. The van der Waals surface area contributed by atoms with Crippen molar-refractivity contribution in [3.8, 4) is 0 Å². The van der Waals surface area contributed by atoms with E-state index in [4.69, 9.17) is 14.9 Å². The van der Waals surface area contributed by atoms with Crippen molar-refractivity contribution in [3.05, 3.63) is 29.8 Å². The van der Waals surface area contributed by atoms with Gasteiger partial charge in [-0.1, -0.05) is 0 Å². The van der Waals surface area contributed by atoms with Crippen molar-refractivity contribution >= 4 is 11.7 Å². The zero-order valence-corrected chi connectivity index (χ0v) is 9.93. The Labute approximate surface area is 109 Å². The number of aromatic carboxylic acids is 1. The van der Waals surface area contributed by atoms with E-state index in [9.17, 15) is 15.0 Å². The van der Waals surface area contributed by atoms with Crippen molar-refractivity contribution in [1.82, 2.24) is 0 Å². The summed E-state index contributed by atoms with van der Waals surface area (Å²) in [7, 11) is 0. The van der Waals surface area contributed by atoms with Crippen LogP contribution in [-0.2, 0) is 4.74 Å². The van der Waals surface area contributed by atoms with Gasteiger partial charge in [0, 0.05) is 5.69 Å².